The molecule has 0 amide bonds. The first kappa shape index (κ1) is 23.8. The Hall–Kier alpha value is -3.90. The van der Waals surface area contributed by atoms with E-state index in [2.05, 4.69) is 5.32 Å². The Morgan fingerprint density at radius 2 is 1.61 bits per heavy atom. The number of carboxylic acids is 2. The lowest BCUT2D eigenvalue weighted by Gasteiger charge is -2.12. The van der Waals surface area contributed by atoms with Crippen molar-refractivity contribution in [2.24, 2.45) is 5.92 Å². The standard InChI is InChI=1S/C26H22ClNO5/c1-16-7-2-4-10-19(16)24(29)20-14-13-18(15-22(20)27)28-23-12-5-3-8-17(23)9-6-11-21(25(30)31)26(32)33/h2-10,12-15,21,28H,11H2,1H3,(H,30,31)(H,32,33)/b9-6+. The van der Waals surface area contributed by atoms with E-state index in [0.717, 1.165) is 11.1 Å². The van der Waals surface area contributed by atoms with Crippen LogP contribution in [0.4, 0.5) is 11.4 Å². The van der Waals surface area contributed by atoms with Gasteiger partial charge >= 0.3 is 11.9 Å². The smallest absolute Gasteiger partial charge is 0.318 e. The van der Waals surface area contributed by atoms with Crippen molar-refractivity contribution >= 4 is 46.8 Å². The van der Waals surface area contributed by atoms with Gasteiger partial charge < -0.3 is 15.5 Å². The van der Waals surface area contributed by atoms with Crippen LogP contribution in [-0.2, 0) is 9.59 Å². The van der Waals surface area contributed by atoms with Crippen LogP contribution < -0.4 is 5.32 Å². The van der Waals surface area contributed by atoms with Crippen LogP contribution in [0.5, 0.6) is 0 Å². The first-order valence-electron chi connectivity index (χ1n) is 10.2. The number of halogens is 1. The minimum absolute atomic E-state index is 0.138. The highest BCUT2D eigenvalue weighted by molar-refractivity contribution is 6.35. The fourth-order valence-corrected chi connectivity index (χ4v) is 3.57. The molecule has 168 valence electrons. The van der Waals surface area contributed by atoms with E-state index in [0.29, 0.717) is 27.5 Å². The van der Waals surface area contributed by atoms with Gasteiger partial charge in [0.1, 0.15) is 0 Å². The number of anilines is 2. The number of carbonyl (C=O) groups excluding carboxylic acids is 1. The Bertz CT molecular complexity index is 1220. The maximum atomic E-state index is 12.9. The van der Waals surface area contributed by atoms with Gasteiger partial charge in [-0.1, -0.05) is 66.2 Å². The van der Waals surface area contributed by atoms with Crippen molar-refractivity contribution in [3.63, 3.8) is 0 Å². The Morgan fingerprint density at radius 3 is 2.27 bits per heavy atom. The Balaban J connectivity index is 1.79. The van der Waals surface area contributed by atoms with Crippen molar-refractivity contribution < 1.29 is 24.6 Å². The molecule has 0 radical (unpaired) electrons. The van der Waals surface area contributed by atoms with Crippen molar-refractivity contribution in [2.75, 3.05) is 5.32 Å². The van der Waals surface area contributed by atoms with Crippen molar-refractivity contribution in [3.05, 3.63) is 100 Å². The van der Waals surface area contributed by atoms with Crippen molar-refractivity contribution in [3.8, 4) is 0 Å². The average Bonchev–Trinajstić information content (AvgIpc) is 2.77. The van der Waals surface area contributed by atoms with Crippen LogP contribution in [0, 0.1) is 12.8 Å². The van der Waals surface area contributed by atoms with Crippen LogP contribution in [0.15, 0.2) is 72.8 Å². The minimum Gasteiger partial charge on any atom is -0.481 e. The van der Waals surface area contributed by atoms with Crippen LogP contribution in [0.3, 0.4) is 0 Å². The fraction of sp³-hybridized carbons (Fsp3) is 0.115. The molecule has 0 unspecified atom stereocenters. The summed E-state index contributed by atoms with van der Waals surface area (Å²) in [6, 6.07) is 19.7. The summed E-state index contributed by atoms with van der Waals surface area (Å²) in [6.07, 6.45) is 3.05. The van der Waals surface area contributed by atoms with Crippen LogP contribution in [0.1, 0.15) is 33.5 Å². The maximum Gasteiger partial charge on any atom is 0.318 e. The number of hydrogen-bond acceptors (Lipinski definition) is 4. The maximum absolute atomic E-state index is 12.9. The van der Waals surface area contributed by atoms with Gasteiger partial charge in [0, 0.05) is 22.5 Å². The van der Waals surface area contributed by atoms with Crippen molar-refractivity contribution in [1.29, 1.82) is 0 Å². The zero-order valence-corrected chi connectivity index (χ0v) is 18.5. The summed E-state index contributed by atoms with van der Waals surface area (Å²) < 4.78 is 0. The first-order chi connectivity index (χ1) is 15.8. The Labute approximate surface area is 196 Å². The van der Waals surface area contributed by atoms with E-state index in [1.54, 1.807) is 30.3 Å². The van der Waals surface area contributed by atoms with E-state index in [1.165, 1.54) is 6.08 Å². The van der Waals surface area contributed by atoms with Gasteiger partial charge in [0.05, 0.1) is 5.02 Å². The second-order valence-corrected chi connectivity index (χ2v) is 7.83. The second-order valence-electron chi connectivity index (χ2n) is 7.42. The Morgan fingerprint density at radius 1 is 0.939 bits per heavy atom. The SMILES string of the molecule is Cc1ccccc1C(=O)c1ccc(Nc2ccccc2/C=C/CC(C(=O)O)C(=O)O)cc1Cl. The zero-order chi connectivity index (χ0) is 24.0. The van der Waals surface area contributed by atoms with Crippen LogP contribution >= 0.6 is 11.6 Å². The number of hydrogen-bond donors (Lipinski definition) is 3. The molecule has 0 aliphatic carbocycles. The summed E-state index contributed by atoms with van der Waals surface area (Å²) in [5, 5.41) is 21.6. The predicted molar refractivity (Wildman–Crippen MR) is 128 cm³/mol. The third kappa shape index (κ3) is 5.87. The van der Waals surface area contributed by atoms with Crippen molar-refractivity contribution in [2.45, 2.75) is 13.3 Å². The van der Waals surface area contributed by atoms with Crippen LogP contribution in [-0.4, -0.2) is 27.9 Å². The van der Waals surface area contributed by atoms with Crippen LogP contribution in [0.2, 0.25) is 5.02 Å². The number of para-hydroxylation sites is 1. The predicted octanol–water partition coefficient (Wildman–Crippen LogP) is 5.81. The lowest BCUT2D eigenvalue weighted by atomic mass is 9.99. The van der Waals surface area contributed by atoms with Crippen LogP contribution in [0.25, 0.3) is 6.08 Å². The van der Waals surface area contributed by atoms with Crippen molar-refractivity contribution in [1.82, 2.24) is 0 Å². The van der Waals surface area contributed by atoms with Gasteiger partial charge in [0.15, 0.2) is 11.7 Å². The number of aryl methyl sites for hydroxylation is 1. The van der Waals surface area contributed by atoms with Gasteiger partial charge in [-0.3, -0.25) is 14.4 Å². The number of allylic oxidation sites excluding steroid dienone is 1. The molecule has 0 saturated heterocycles. The summed E-state index contributed by atoms with van der Waals surface area (Å²) in [5.41, 5.74) is 3.98. The summed E-state index contributed by atoms with van der Waals surface area (Å²) in [5.74, 6) is -4.42. The zero-order valence-electron chi connectivity index (χ0n) is 17.8. The first-order valence-corrected chi connectivity index (χ1v) is 10.5. The van der Waals surface area contributed by atoms with E-state index >= 15 is 0 Å². The molecule has 0 atom stereocenters. The van der Waals surface area contributed by atoms with E-state index in [1.807, 2.05) is 49.4 Å². The molecule has 0 aliphatic heterocycles. The highest BCUT2D eigenvalue weighted by atomic mass is 35.5. The second kappa shape index (κ2) is 10.6. The van der Waals surface area contributed by atoms with Gasteiger partial charge in [0.25, 0.3) is 0 Å². The molecule has 3 N–H and O–H groups in total. The fourth-order valence-electron chi connectivity index (χ4n) is 3.30. The summed E-state index contributed by atoms with van der Waals surface area (Å²) >= 11 is 6.42. The monoisotopic (exact) mass is 463 g/mol. The molecule has 0 heterocycles. The summed E-state index contributed by atoms with van der Waals surface area (Å²) in [4.78, 5) is 35.0. The third-order valence-electron chi connectivity index (χ3n) is 5.11. The van der Waals surface area contributed by atoms with Gasteiger partial charge in [-0.25, -0.2) is 0 Å². The molecular weight excluding hydrogens is 442 g/mol. The molecule has 0 aromatic heterocycles. The molecule has 0 fully saturated rings. The third-order valence-corrected chi connectivity index (χ3v) is 5.42. The van der Waals surface area contributed by atoms with E-state index < -0.39 is 17.9 Å². The number of benzene rings is 3. The largest absolute Gasteiger partial charge is 0.481 e. The molecule has 3 aromatic rings. The van der Waals surface area contributed by atoms with Gasteiger partial charge in [0.2, 0.25) is 0 Å². The summed E-state index contributed by atoms with van der Waals surface area (Å²) in [6.45, 7) is 1.87. The highest BCUT2D eigenvalue weighted by Gasteiger charge is 2.23. The lowest BCUT2D eigenvalue weighted by Crippen LogP contribution is -2.22. The molecule has 6 nitrogen and oxygen atoms in total. The molecule has 3 rings (SSSR count). The molecule has 0 aliphatic rings. The van der Waals surface area contributed by atoms with E-state index in [9.17, 15) is 14.4 Å². The Kier molecular flexibility index (Phi) is 7.64. The molecule has 0 saturated carbocycles. The molecular formula is C26H22ClNO5. The molecule has 33 heavy (non-hydrogen) atoms. The van der Waals surface area contributed by atoms with Gasteiger partial charge in [-0.15, -0.1) is 0 Å². The molecule has 7 heteroatoms. The number of rotatable bonds is 9. The van der Waals surface area contributed by atoms with E-state index in [4.69, 9.17) is 21.8 Å². The molecule has 3 aromatic carbocycles. The normalized spacial score (nSPS) is 11.0. The average molecular weight is 464 g/mol. The van der Waals surface area contributed by atoms with Gasteiger partial charge in [-0.2, -0.15) is 0 Å². The quantitative estimate of drug-likeness (QED) is 0.273. The minimum atomic E-state index is -1.50. The highest BCUT2D eigenvalue weighted by Crippen LogP contribution is 2.28. The number of carboxylic acid groups (broad SMARTS) is 2. The number of ketones is 1. The van der Waals surface area contributed by atoms with E-state index in [-0.39, 0.29) is 12.2 Å². The number of aliphatic carboxylic acids is 2. The topological polar surface area (TPSA) is 104 Å². The summed E-state index contributed by atoms with van der Waals surface area (Å²) in [7, 11) is 0. The number of nitrogens with one attached hydrogen (secondary N) is 1. The molecule has 0 bridgehead atoms. The lowest BCUT2D eigenvalue weighted by molar-refractivity contribution is -0.154. The number of carbonyl (C=O) groups is 3. The molecule has 0 spiro atoms. The van der Waals surface area contributed by atoms with Gasteiger partial charge in [-0.05, 0) is 48.7 Å².